The van der Waals surface area contributed by atoms with Crippen LogP contribution in [0.3, 0.4) is 0 Å². The predicted molar refractivity (Wildman–Crippen MR) is 253 cm³/mol. The Morgan fingerprint density at radius 3 is 1.49 bits per heavy atom. The number of aromatic nitrogens is 2. The molecule has 11 aromatic rings. The Bertz CT molecular complexity index is 3520. The third-order valence-corrected chi connectivity index (χ3v) is 13.3. The van der Waals surface area contributed by atoms with Gasteiger partial charge in [0.2, 0.25) is 0 Å². The second-order valence-corrected chi connectivity index (χ2v) is 16.4. The van der Waals surface area contributed by atoms with Crippen molar-refractivity contribution in [2.24, 2.45) is 0 Å². The highest BCUT2D eigenvalue weighted by Crippen LogP contribution is 2.63. The summed E-state index contributed by atoms with van der Waals surface area (Å²) in [5.41, 5.74) is 17.3. The molecule has 1 heterocycles. The van der Waals surface area contributed by atoms with E-state index in [4.69, 9.17) is 9.97 Å². The predicted octanol–water partition coefficient (Wildman–Crippen LogP) is 14.9. The van der Waals surface area contributed by atoms with Crippen molar-refractivity contribution in [3.63, 3.8) is 0 Å². The van der Waals surface area contributed by atoms with Crippen molar-refractivity contribution in [3.8, 4) is 67.3 Å². The van der Waals surface area contributed by atoms with Crippen molar-refractivity contribution in [3.05, 3.63) is 241 Å². The zero-order valence-electron chi connectivity index (χ0n) is 33.2. The van der Waals surface area contributed by atoms with Crippen LogP contribution in [0.25, 0.3) is 99.6 Å². The van der Waals surface area contributed by atoms with Crippen molar-refractivity contribution in [2.75, 3.05) is 0 Å². The maximum atomic E-state index is 5.41. The second kappa shape index (κ2) is 13.0. The van der Waals surface area contributed by atoms with Crippen molar-refractivity contribution < 1.29 is 0 Å². The van der Waals surface area contributed by atoms with Crippen molar-refractivity contribution >= 4 is 32.3 Å². The molecular formula is C59H36N2. The Labute approximate surface area is 354 Å². The summed E-state index contributed by atoms with van der Waals surface area (Å²) in [4.78, 5) is 10.7. The van der Waals surface area contributed by atoms with E-state index in [0.29, 0.717) is 5.82 Å². The molecule has 0 unspecified atom stereocenters. The molecule has 0 aliphatic heterocycles. The first-order valence-corrected chi connectivity index (χ1v) is 21.1. The summed E-state index contributed by atoms with van der Waals surface area (Å²) in [5.74, 6) is 0.700. The van der Waals surface area contributed by atoms with Gasteiger partial charge in [0, 0.05) is 16.7 Å². The number of rotatable bonds is 4. The molecule has 0 atom stereocenters. The SMILES string of the molecule is c1ccc(-c2cc(-c3ccc4c(c3)C3(c5ccccc5-c5ccccc53)c3ccccc3-4)nc(-c3ccc(-c4c5ccccc5cc5ccc6ccccc6c45)cc3)n2)cc1. The normalized spacial score (nSPS) is 13.0. The molecule has 2 nitrogen and oxygen atoms in total. The van der Waals surface area contributed by atoms with E-state index in [0.717, 1.165) is 28.1 Å². The van der Waals surface area contributed by atoms with Gasteiger partial charge in [0.15, 0.2) is 5.82 Å². The van der Waals surface area contributed by atoms with Crippen LogP contribution in [-0.2, 0) is 5.41 Å². The van der Waals surface area contributed by atoms with Crippen LogP contribution in [0.15, 0.2) is 218 Å². The maximum Gasteiger partial charge on any atom is 0.160 e. The number of nitrogens with zero attached hydrogens (tertiary/aromatic N) is 2. The molecule has 0 N–H and O–H groups in total. The first-order valence-electron chi connectivity index (χ1n) is 21.1. The highest BCUT2D eigenvalue weighted by molar-refractivity contribution is 6.22. The van der Waals surface area contributed by atoms with Crippen molar-refractivity contribution in [1.82, 2.24) is 9.97 Å². The van der Waals surface area contributed by atoms with Gasteiger partial charge in [-0.05, 0) is 106 Å². The molecule has 2 aliphatic carbocycles. The molecule has 1 spiro atoms. The van der Waals surface area contributed by atoms with E-state index in [1.807, 2.05) is 0 Å². The van der Waals surface area contributed by atoms with Crippen LogP contribution in [-0.4, -0.2) is 9.97 Å². The van der Waals surface area contributed by atoms with E-state index in [9.17, 15) is 0 Å². The van der Waals surface area contributed by atoms with Crippen LogP contribution in [0.5, 0.6) is 0 Å². The largest absolute Gasteiger partial charge is 0.228 e. The van der Waals surface area contributed by atoms with Gasteiger partial charge in [-0.25, -0.2) is 9.97 Å². The van der Waals surface area contributed by atoms with E-state index >= 15 is 0 Å². The van der Waals surface area contributed by atoms with Gasteiger partial charge in [-0.3, -0.25) is 0 Å². The zero-order valence-corrected chi connectivity index (χ0v) is 33.2. The monoisotopic (exact) mass is 772 g/mol. The Hall–Kier alpha value is -7.94. The Morgan fingerprint density at radius 1 is 0.295 bits per heavy atom. The van der Waals surface area contributed by atoms with Crippen molar-refractivity contribution in [1.29, 1.82) is 0 Å². The molecule has 2 heteroatoms. The third kappa shape index (κ3) is 4.91. The average Bonchev–Trinajstić information content (AvgIpc) is 3.80. The van der Waals surface area contributed by atoms with Gasteiger partial charge in [-0.15, -0.1) is 0 Å². The van der Waals surface area contributed by atoms with Gasteiger partial charge in [0.25, 0.3) is 0 Å². The van der Waals surface area contributed by atoms with E-state index in [1.165, 1.54) is 88.0 Å². The number of hydrogen-bond donors (Lipinski definition) is 0. The molecule has 282 valence electrons. The van der Waals surface area contributed by atoms with Crippen LogP contribution >= 0.6 is 0 Å². The molecule has 2 aliphatic rings. The molecule has 0 bridgehead atoms. The standard InChI is InChI=1S/C59H36N2/c1-2-15-38(16-3-1)54-36-55(42-32-33-49-48-22-10-13-25-52(48)59(53(49)35-42)50-23-11-8-20-46(50)47-21-9-12-24-51(47)59)61-58(60-54)40-29-27-39(28-30-40)56-45-19-7-5-17-41(45)34-43-31-26-37-14-4-6-18-44(37)57(43)56/h1-36H. The molecule has 0 fully saturated rings. The lowest BCUT2D eigenvalue weighted by molar-refractivity contribution is 0.794. The average molecular weight is 773 g/mol. The van der Waals surface area contributed by atoms with E-state index in [2.05, 4.69) is 218 Å². The third-order valence-electron chi connectivity index (χ3n) is 13.3. The fourth-order valence-electron chi connectivity index (χ4n) is 10.7. The molecule has 10 aromatic carbocycles. The second-order valence-electron chi connectivity index (χ2n) is 16.4. The quantitative estimate of drug-likeness (QED) is 0.132. The summed E-state index contributed by atoms with van der Waals surface area (Å²) in [6, 6.07) is 79.7. The first kappa shape index (κ1) is 34.0. The maximum absolute atomic E-state index is 5.41. The topological polar surface area (TPSA) is 25.8 Å². The van der Waals surface area contributed by atoms with Gasteiger partial charge >= 0.3 is 0 Å². The number of benzene rings is 10. The van der Waals surface area contributed by atoms with Crippen LogP contribution < -0.4 is 0 Å². The Morgan fingerprint density at radius 2 is 0.803 bits per heavy atom. The van der Waals surface area contributed by atoms with E-state index < -0.39 is 5.41 Å². The summed E-state index contributed by atoms with van der Waals surface area (Å²) in [6.07, 6.45) is 0. The fourth-order valence-corrected chi connectivity index (χ4v) is 10.7. The zero-order chi connectivity index (χ0) is 40.1. The molecule has 1 aromatic heterocycles. The minimum atomic E-state index is -0.430. The number of hydrogen-bond acceptors (Lipinski definition) is 2. The smallest absolute Gasteiger partial charge is 0.160 e. The highest BCUT2D eigenvalue weighted by Gasteiger charge is 2.51. The number of fused-ring (bicyclic) bond motifs is 14. The molecule has 0 saturated heterocycles. The van der Waals surface area contributed by atoms with Gasteiger partial charge in [-0.2, -0.15) is 0 Å². The Balaban J connectivity index is 0.998. The van der Waals surface area contributed by atoms with Gasteiger partial charge < -0.3 is 0 Å². The van der Waals surface area contributed by atoms with E-state index in [1.54, 1.807) is 0 Å². The fraction of sp³-hybridized carbons (Fsp3) is 0.0169. The lowest BCUT2D eigenvalue weighted by Crippen LogP contribution is -2.25. The lowest BCUT2D eigenvalue weighted by Gasteiger charge is -2.30. The van der Waals surface area contributed by atoms with Gasteiger partial charge in [-0.1, -0.05) is 200 Å². The highest BCUT2D eigenvalue weighted by atomic mass is 14.9. The molecule has 61 heavy (non-hydrogen) atoms. The van der Waals surface area contributed by atoms with E-state index in [-0.39, 0.29) is 0 Å². The molecule has 0 amide bonds. The minimum absolute atomic E-state index is 0.430. The minimum Gasteiger partial charge on any atom is -0.228 e. The van der Waals surface area contributed by atoms with Gasteiger partial charge in [0.1, 0.15) is 0 Å². The summed E-state index contributed by atoms with van der Waals surface area (Å²) in [7, 11) is 0. The lowest BCUT2D eigenvalue weighted by atomic mass is 9.70. The summed E-state index contributed by atoms with van der Waals surface area (Å²) < 4.78 is 0. The van der Waals surface area contributed by atoms with Crippen molar-refractivity contribution in [2.45, 2.75) is 5.41 Å². The summed E-state index contributed by atoms with van der Waals surface area (Å²) in [5, 5.41) is 7.49. The Kier molecular flexibility index (Phi) is 7.26. The van der Waals surface area contributed by atoms with Crippen LogP contribution in [0.1, 0.15) is 22.3 Å². The first-order chi connectivity index (χ1) is 30.2. The summed E-state index contributed by atoms with van der Waals surface area (Å²) in [6.45, 7) is 0. The summed E-state index contributed by atoms with van der Waals surface area (Å²) >= 11 is 0. The molecule has 0 radical (unpaired) electrons. The molecular weight excluding hydrogens is 737 g/mol. The van der Waals surface area contributed by atoms with Gasteiger partial charge in [0.05, 0.1) is 16.8 Å². The van der Waals surface area contributed by atoms with Crippen LogP contribution in [0, 0.1) is 0 Å². The molecule has 0 saturated carbocycles. The van der Waals surface area contributed by atoms with Crippen LogP contribution in [0.2, 0.25) is 0 Å². The molecule has 13 rings (SSSR count). The van der Waals surface area contributed by atoms with Crippen LogP contribution in [0.4, 0.5) is 0 Å².